The van der Waals surface area contributed by atoms with Crippen LogP contribution in [0.15, 0.2) is 35.8 Å². The third-order valence-electron chi connectivity index (χ3n) is 2.88. The fraction of sp³-hybridized carbons (Fsp3) is 0.250. The number of benzene rings is 1. The van der Waals surface area contributed by atoms with Gasteiger partial charge in [-0.1, -0.05) is 18.2 Å². The van der Waals surface area contributed by atoms with Crippen molar-refractivity contribution in [2.45, 2.75) is 18.6 Å². The molecule has 0 aliphatic carbocycles. The molecule has 3 rings (SSSR count). The van der Waals surface area contributed by atoms with Crippen LogP contribution in [0, 0.1) is 0 Å². The van der Waals surface area contributed by atoms with Crippen molar-refractivity contribution in [3.8, 4) is 0 Å². The van der Waals surface area contributed by atoms with E-state index in [4.69, 9.17) is 0 Å². The average molecular weight is 232 g/mol. The summed E-state index contributed by atoms with van der Waals surface area (Å²) in [4.78, 5) is 4.15. The first-order valence-electron chi connectivity index (χ1n) is 5.26. The molecule has 0 fully saturated rings. The Balaban J connectivity index is 1.81. The van der Waals surface area contributed by atoms with Gasteiger partial charge < -0.3 is 10.4 Å². The van der Waals surface area contributed by atoms with Crippen LogP contribution in [0.2, 0.25) is 0 Å². The van der Waals surface area contributed by atoms with Crippen LogP contribution in [0.25, 0.3) is 0 Å². The molecular formula is C12H12N2OS. The minimum atomic E-state index is -0.521. The van der Waals surface area contributed by atoms with Gasteiger partial charge in [0, 0.05) is 17.3 Å². The van der Waals surface area contributed by atoms with Gasteiger partial charge in [-0.25, -0.2) is 4.98 Å². The predicted octanol–water partition coefficient (Wildman–Crippen LogP) is 2.21. The standard InChI is InChI=1S/C12H12N2OS/c15-11(12-13-5-6-16-12)10-7-8-3-1-2-4-9(8)14-10/h1-6,10-11,14-15H,7H2. The van der Waals surface area contributed by atoms with Gasteiger partial charge in [0.2, 0.25) is 0 Å². The van der Waals surface area contributed by atoms with Gasteiger partial charge in [0.1, 0.15) is 11.1 Å². The zero-order valence-electron chi connectivity index (χ0n) is 8.63. The van der Waals surface area contributed by atoms with Gasteiger partial charge in [-0.05, 0) is 18.1 Å². The number of aliphatic hydroxyl groups excluding tert-OH is 1. The van der Waals surface area contributed by atoms with E-state index in [1.165, 1.54) is 16.9 Å². The molecule has 2 heterocycles. The van der Waals surface area contributed by atoms with Crippen molar-refractivity contribution >= 4 is 17.0 Å². The first-order valence-corrected chi connectivity index (χ1v) is 6.14. The van der Waals surface area contributed by atoms with Crippen LogP contribution in [0.1, 0.15) is 16.7 Å². The lowest BCUT2D eigenvalue weighted by atomic mass is 10.1. The quantitative estimate of drug-likeness (QED) is 0.834. The zero-order valence-corrected chi connectivity index (χ0v) is 9.45. The second kappa shape index (κ2) is 3.88. The number of rotatable bonds is 2. The molecule has 0 spiro atoms. The summed E-state index contributed by atoms with van der Waals surface area (Å²) in [6.45, 7) is 0. The summed E-state index contributed by atoms with van der Waals surface area (Å²) in [5.41, 5.74) is 2.39. The monoisotopic (exact) mass is 232 g/mol. The number of hydrogen-bond acceptors (Lipinski definition) is 4. The van der Waals surface area contributed by atoms with Gasteiger partial charge in [-0.2, -0.15) is 0 Å². The lowest BCUT2D eigenvalue weighted by Crippen LogP contribution is -2.24. The molecule has 1 aromatic carbocycles. The predicted molar refractivity (Wildman–Crippen MR) is 64.6 cm³/mol. The molecule has 0 bridgehead atoms. The summed E-state index contributed by atoms with van der Waals surface area (Å²) < 4.78 is 0. The molecule has 1 aromatic heterocycles. The zero-order chi connectivity index (χ0) is 11.0. The SMILES string of the molecule is OC(c1nccs1)C1Cc2ccccc2N1. The normalized spacial score (nSPS) is 20.2. The molecule has 2 N–H and O–H groups in total. The van der Waals surface area contributed by atoms with Crippen molar-refractivity contribution in [3.63, 3.8) is 0 Å². The van der Waals surface area contributed by atoms with E-state index in [0.717, 1.165) is 17.1 Å². The molecule has 2 atom stereocenters. The Morgan fingerprint density at radius 1 is 1.44 bits per heavy atom. The third kappa shape index (κ3) is 1.60. The molecular weight excluding hydrogens is 220 g/mol. The number of nitrogens with one attached hydrogen (secondary N) is 1. The lowest BCUT2D eigenvalue weighted by Gasteiger charge is -2.16. The van der Waals surface area contributed by atoms with Crippen LogP contribution >= 0.6 is 11.3 Å². The number of para-hydroxylation sites is 1. The molecule has 82 valence electrons. The highest BCUT2D eigenvalue weighted by molar-refractivity contribution is 7.09. The van der Waals surface area contributed by atoms with E-state index in [1.807, 2.05) is 23.6 Å². The van der Waals surface area contributed by atoms with Crippen molar-refractivity contribution in [1.82, 2.24) is 4.98 Å². The van der Waals surface area contributed by atoms with Gasteiger partial charge in [0.05, 0.1) is 6.04 Å². The van der Waals surface area contributed by atoms with E-state index >= 15 is 0 Å². The van der Waals surface area contributed by atoms with Crippen LogP contribution in [0.3, 0.4) is 0 Å². The van der Waals surface area contributed by atoms with E-state index < -0.39 is 6.10 Å². The molecule has 16 heavy (non-hydrogen) atoms. The summed E-state index contributed by atoms with van der Waals surface area (Å²) in [6.07, 6.45) is 2.06. The summed E-state index contributed by atoms with van der Waals surface area (Å²) in [6, 6.07) is 8.22. The second-order valence-corrected chi connectivity index (χ2v) is 4.85. The second-order valence-electron chi connectivity index (χ2n) is 3.93. The molecule has 3 nitrogen and oxygen atoms in total. The highest BCUT2D eigenvalue weighted by Crippen LogP contribution is 2.32. The Bertz CT molecular complexity index is 459. The minimum Gasteiger partial charge on any atom is -0.384 e. The minimum absolute atomic E-state index is 0.0450. The topological polar surface area (TPSA) is 45.2 Å². The fourth-order valence-electron chi connectivity index (χ4n) is 2.07. The van der Waals surface area contributed by atoms with Gasteiger partial charge in [-0.15, -0.1) is 11.3 Å². The number of thiazole rings is 1. The first-order chi connectivity index (χ1) is 7.84. The van der Waals surface area contributed by atoms with E-state index in [0.29, 0.717) is 0 Å². The van der Waals surface area contributed by atoms with Crippen LogP contribution < -0.4 is 5.32 Å². The molecule has 1 aliphatic rings. The number of hydrogen-bond donors (Lipinski definition) is 2. The summed E-state index contributed by atoms with van der Waals surface area (Å²) in [7, 11) is 0. The highest BCUT2D eigenvalue weighted by Gasteiger charge is 2.28. The summed E-state index contributed by atoms with van der Waals surface area (Å²) >= 11 is 1.50. The number of nitrogens with zero attached hydrogens (tertiary/aromatic N) is 1. The Morgan fingerprint density at radius 3 is 3.06 bits per heavy atom. The van der Waals surface area contributed by atoms with Gasteiger partial charge in [-0.3, -0.25) is 0 Å². The van der Waals surface area contributed by atoms with Crippen molar-refractivity contribution < 1.29 is 5.11 Å². The average Bonchev–Trinajstić information content (AvgIpc) is 2.97. The van der Waals surface area contributed by atoms with Crippen LogP contribution in [0.4, 0.5) is 5.69 Å². The molecule has 0 amide bonds. The molecule has 0 saturated carbocycles. The lowest BCUT2D eigenvalue weighted by molar-refractivity contribution is 0.156. The smallest absolute Gasteiger partial charge is 0.126 e. The van der Waals surface area contributed by atoms with Crippen LogP contribution in [0.5, 0.6) is 0 Å². The van der Waals surface area contributed by atoms with Gasteiger partial charge in [0.15, 0.2) is 0 Å². The molecule has 4 heteroatoms. The first kappa shape index (κ1) is 9.81. The Kier molecular flexibility index (Phi) is 2.38. The van der Waals surface area contributed by atoms with Crippen molar-refractivity contribution in [3.05, 3.63) is 46.4 Å². The number of aliphatic hydroxyl groups is 1. The van der Waals surface area contributed by atoms with E-state index in [2.05, 4.69) is 16.4 Å². The largest absolute Gasteiger partial charge is 0.384 e. The molecule has 0 radical (unpaired) electrons. The molecule has 0 saturated heterocycles. The number of anilines is 1. The number of fused-ring (bicyclic) bond motifs is 1. The maximum absolute atomic E-state index is 10.2. The van der Waals surface area contributed by atoms with Crippen molar-refractivity contribution in [2.24, 2.45) is 0 Å². The Morgan fingerprint density at radius 2 is 2.31 bits per heavy atom. The summed E-state index contributed by atoms with van der Waals surface area (Å²) in [5, 5.41) is 16.2. The van der Waals surface area contributed by atoms with Gasteiger partial charge in [0.25, 0.3) is 0 Å². The molecule has 1 aliphatic heterocycles. The maximum Gasteiger partial charge on any atom is 0.126 e. The highest BCUT2D eigenvalue weighted by atomic mass is 32.1. The van der Waals surface area contributed by atoms with E-state index in [9.17, 15) is 5.11 Å². The van der Waals surface area contributed by atoms with Crippen molar-refractivity contribution in [2.75, 3.05) is 5.32 Å². The Labute approximate surface area is 97.8 Å². The van der Waals surface area contributed by atoms with Crippen LogP contribution in [-0.4, -0.2) is 16.1 Å². The summed E-state index contributed by atoms with van der Waals surface area (Å²) in [5.74, 6) is 0. The van der Waals surface area contributed by atoms with E-state index in [1.54, 1.807) is 6.20 Å². The van der Waals surface area contributed by atoms with Crippen molar-refractivity contribution in [1.29, 1.82) is 0 Å². The number of aromatic nitrogens is 1. The maximum atomic E-state index is 10.2. The molecule has 2 unspecified atom stereocenters. The van der Waals surface area contributed by atoms with Crippen LogP contribution in [-0.2, 0) is 6.42 Å². The van der Waals surface area contributed by atoms with Gasteiger partial charge >= 0.3 is 0 Å². The Hall–Kier alpha value is -1.39. The third-order valence-corrected chi connectivity index (χ3v) is 3.73. The fourth-order valence-corrected chi connectivity index (χ4v) is 2.76. The van der Waals surface area contributed by atoms with E-state index in [-0.39, 0.29) is 6.04 Å². The molecule has 2 aromatic rings.